The van der Waals surface area contributed by atoms with E-state index in [2.05, 4.69) is 21.4 Å². The van der Waals surface area contributed by atoms with Crippen LogP contribution >= 0.6 is 0 Å². The number of nitrogens with one attached hydrogen (secondary N) is 2. The first-order valence-corrected chi connectivity index (χ1v) is 10.1. The van der Waals surface area contributed by atoms with Gasteiger partial charge in [0.2, 0.25) is 5.91 Å². The van der Waals surface area contributed by atoms with Crippen LogP contribution in [0.15, 0.2) is 85.3 Å². The highest BCUT2D eigenvalue weighted by Crippen LogP contribution is 2.28. The van der Waals surface area contributed by atoms with Gasteiger partial charge in [-0.25, -0.2) is 0 Å². The van der Waals surface area contributed by atoms with Gasteiger partial charge >= 0.3 is 0 Å². The Balaban J connectivity index is 1.60. The third-order valence-electron chi connectivity index (χ3n) is 5.29. The SMILES string of the molecule is O=C(N[C@@H](Cc1ccccc1)C(=O)N1CC=CCC1c1cccnc1)c1ccc[nH]1. The number of carbonyl (C=O) groups is 2. The number of aromatic nitrogens is 2. The highest BCUT2D eigenvalue weighted by molar-refractivity contribution is 5.96. The normalized spacial score (nSPS) is 16.8. The Hall–Kier alpha value is -3.67. The smallest absolute Gasteiger partial charge is 0.268 e. The van der Waals surface area contributed by atoms with Crippen molar-refractivity contribution in [1.82, 2.24) is 20.2 Å². The van der Waals surface area contributed by atoms with Gasteiger partial charge in [-0.1, -0.05) is 48.6 Å². The second kappa shape index (κ2) is 9.22. The van der Waals surface area contributed by atoms with E-state index in [9.17, 15) is 9.59 Å². The second-order valence-electron chi connectivity index (χ2n) is 7.30. The van der Waals surface area contributed by atoms with Crippen molar-refractivity contribution in [3.63, 3.8) is 0 Å². The van der Waals surface area contributed by atoms with Crippen molar-refractivity contribution in [3.05, 3.63) is 102 Å². The molecule has 3 heterocycles. The summed E-state index contributed by atoms with van der Waals surface area (Å²) in [6.45, 7) is 0.502. The van der Waals surface area contributed by atoms with Crippen molar-refractivity contribution in [1.29, 1.82) is 0 Å². The van der Waals surface area contributed by atoms with Crippen molar-refractivity contribution in [2.45, 2.75) is 24.9 Å². The fraction of sp³-hybridized carbons (Fsp3) is 0.208. The maximum Gasteiger partial charge on any atom is 0.268 e. The molecule has 6 nitrogen and oxygen atoms in total. The lowest BCUT2D eigenvalue weighted by Gasteiger charge is -2.36. The minimum atomic E-state index is -0.672. The van der Waals surface area contributed by atoms with Crippen LogP contribution in [0.1, 0.15) is 34.1 Å². The van der Waals surface area contributed by atoms with Crippen molar-refractivity contribution in [2.75, 3.05) is 6.54 Å². The van der Waals surface area contributed by atoms with Crippen LogP contribution in [0.3, 0.4) is 0 Å². The monoisotopic (exact) mass is 400 g/mol. The molecule has 2 atom stereocenters. The molecule has 1 aromatic carbocycles. The lowest BCUT2D eigenvalue weighted by atomic mass is 9.97. The summed E-state index contributed by atoms with van der Waals surface area (Å²) in [5.74, 6) is -0.392. The fourth-order valence-electron chi connectivity index (χ4n) is 3.76. The number of pyridine rings is 1. The zero-order chi connectivity index (χ0) is 20.8. The van der Waals surface area contributed by atoms with Crippen molar-refractivity contribution >= 4 is 11.8 Å². The van der Waals surface area contributed by atoms with E-state index >= 15 is 0 Å². The number of aromatic amines is 1. The van der Waals surface area contributed by atoms with Crippen molar-refractivity contribution in [2.24, 2.45) is 0 Å². The van der Waals surface area contributed by atoms with E-state index in [1.807, 2.05) is 53.4 Å². The van der Waals surface area contributed by atoms with Gasteiger partial charge in [0.1, 0.15) is 11.7 Å². The molecule has 3 aromatic rings. The van der Waals surface area contributed by atoms with Gasteiger partial charge in [0.15, 0.2) is 0 Å². The van der Waals surface area contributed by atoms with Gasteiger partial charge in [0.05, 0.1) is 6.04 Å². The molecule has 6 heteroatoms. The van der Waals surface area contributed by atoms with Gasteiger partial charge in [-0.15, -0.1) is 0 Å². The van der Waals surface area contributed by atoms with Gasteiger partial charge < -0.3 is 15.2 Å². The Bertz CT molecular complexity index is 1000. The van der Waals surface area contributed by atoms with Crippen LogP contribution in [0.2, 0.25) is 0 Å². The first-order valence-electron chi connectivity index (χ1n) is 10.1. The van der Waals surface area contributed by atoms with Gasteiger partial charge in [0.25, 0.3) is 5.91 Å². The van der Waals surface area contributed by atoms with Gasteiger partial charge in [0, 0.05) is 31.6 Å². The zero-order valence-corrected chi connectivity index (χ0v) is 16.6. The van der Waals surface area contributed by atoms with Crippen LogP contribution < -0.4 is 5.32 Å². The summed E-state index contributed by atoms with van der Waals surface area (Å²) in [7, 11) is 0. The minimum absolute atomic E-state index is 0.100. The quantitative estimate of drug-likeness (QED) is 0.624. The Morgan fingerprint density at radius 2 is 1.97 bits per heavy atom. The number of hydrogen-bond donors (Lipinski definition) is 2. The molecule has 0 radical (unpaired) electrons. The molecule has 1 unspecified atom stereocenters. The van der Waals surface area contributed by atoms with Crippen LogP contribution in [0, 0.1) is 0 Å². The van der Waals surface area contributed by atoms with E-state index in [4.69, 9.17) is 0 Å². The van der Waals surface area contributed by atoms with Crippen molar-refractivity contribution in [3.8, 4) is 0 Å². The lowest BCUT2D eigenvalue weighted by molar-refractivity contribution is -0.135. The summed E-state index contributed by atoms with van der Waals surface area (Å²) >= 11 is 0. The summed E-state index contributed by atoms with van der Waals surface area (Å²) in [4.78, 5) is 35.3. The minimum Gasteiger partial charge on any atom is -0.357 e. The third-order valence-corrected chi connectivity index (χ3v) is 5.29. The third kappa shape index (κ3) is 4.49. The van der Waals surface area contributed by atoms with Crippen LogP contribution in [-0.4, -0.2) is 39.3 Å². The molecule has 1 aliphatic rings. The topological polar surface area (TPSA) is 78.1 Å². The van der Waals surface area contributed by atoms with Gasteiger partial charge in [-0.2, -0.15) is 0 Å². The highest BCUT2D eigenvalue weighted by atomic mass is 16.2. The van der Waals surface area contributed by atoms with Gasteiger partial charge in [-0.3, -0.25) is 14.6 Å². The number of amides is 2. The Morgan fingerprint density at radius 3 is 2.70 bits per heavy atom. The lowest BCUT2D eigenvalue weighted by Crippen LogP contribution is -2.51. The van der Waals surface area contributed by atoms with Gasteiger partial charge in [-0.05, 0) is 35.7 Å². The molecule has 30 heavy (non-hydrogen) atoms. The molecule has 4 rings (SSSR count). The average molecular weight is 400 g/mol. The van der Waals surface area contributed by atoms with E-state index in [-0.39, 0.29) is 17.9 Å². The molecule has 0 fully saturated rings. The molecule has 0 aliphatic carbocycles. The summed E-state index contributed by atoms with van der Waals surface area (Å²) in [6.07, 6.45) is 10.4. The number of hydrogen-bond acceptors (Lipinski definition) is 3. The maximum absolute atomic E-state index is 13.6. The number of H-pyrrole nitrogens is 1. The summed E-state index contributed by atoms with van der Waals surface area (Å²) < 4.78 is 0. The Labute approximate surface area is 175 Å². The summed E-state index contributed by atoms with van der Waals surface area (Å²) in [6, 6.07) is 16.3. The molecular weight excluding hydrogens is 376 g/mol. The number of carbonyl (C=O) groups excluding carboxylic acids is 2. The largest absolute Gasteiger partial charge is 0.357 e. The molecule has 1 aliphatic heterocycles. The van der Waals surface area contributed by atoms with E-state index < -0.39 is 6.04 Å². The second-order valence-corrected chi connectivity index (χ2v) is 7.30. The van der Waals surface area contributed by atoms with E-state index in [0.717, 1.165) is 17.5 Å². The van der Waals surface area contributed by atoms with E-state index in [1.54, 1.807) is 30.7 Å². The first-order chi connectivity index (χ1) is 14.7. The number of nitrogens with zero attached hydrogens (tertiary/aromatic N) is 2. The first kappa shape index (κ1) is 19.6. The molecule has 2 N–H and O–H groups in total. The predicted molar refractivity (Wildman–Crippen MR) is 115 cm³/mol. The number of benzene rings is 1. The van der Waals surface area contributed by atoms with Crippen LogP contribution in [0.4, 0.5) is 0 Å². The average Bonchev–Trinajstić information content (AvgIpc) is 3.35. The molecule has 0 saturated carbocycles. The number of rotatable bonds is 6. The highest BCUT2D eigenvalue weighted by Gasteiger charge is 2.32. The molecule has 0 saturated heterocycles. The fourth-order valence-corrected chi connectivity index (χ4v) is 3.76. The van der Waals surface area contributed by atoms with Crippen molar-refractivity contribution < 1.29 is 9.59 Å². The van der Waals surface area contributed by atoms with Crippen LogP contribution in [0.25, 0.3) is 0 Å². The molecule has 0 spiro atoms. The van der Waals surface area contributed by atoms with Crippen LogP contribution in [-0.2, 0) is 11.2 Å². The molecule has 2 aromatic heterocycles. The Morgan fingerprint density at radius 1 is 1.10 bits per heavy atom. The Kier molecular flexibility index (Phi) is 6.03. The van der Waals surface area contributed by atoms with E-state index in [0.29, 0.717) is 18.7 Å². The predicted octanol–water partition coefficient (Wildman–Crippen LogP) is 3.28. The van der Waals surface area contributed by atoms with E-state index in [1.165, 1.54) is 0 Å². The molecule has 0 bridgehead atoms. The molecule has 152 valence electrons. The molecular formula is C24H24N4O2. The summed E-state index contributed by atoms with van der Waals surface area (Å²) in [5, 5.41) is 2.94. The zero-order valence-electron chi connectivity index (χ0n) is 16.6. The maximum atomic E-state index is 13.6. The standard InChI is InChI=1S/C24H24N4O2/c29-23(20-11-7-14-26-20)27-21(16-18-8-2-1-3-9-18)24(30)28-15-5-4-12-22(28)19-10-6-13-25-17-19/h1-11,13-14,17,21-22,26H,12,15-16H2,(H,27,29)/t21-,22?/m0/s1. The van der Waals surface area contributed by atoms with Crippen LogP contribution in [0.5, 0.6) is 0 Å². The molecule has 2 amide bonds. The summed E-state index contributed by atoms with van der Waals surface area (Å²) in [5.41, 5.74) is 2.42.